The van der Waals surface area contributed by atoms with Crippen molar-refractivity contribution in [2.75, 3.05) is 13.7 Å². The molecule has 1 fully saturated rings. The summed E-state index contributed by atoms with van der Waals surface area (Å²) in [4.78, 5) is 77.6. The quantitative estimate of drug-likeness (QED) is 0.0621. The molecule has 14 heteroatoms. The standard InChI is InChI=1S/C50H40N2O12/c1-30(35-25-15-27-37-40(35)51-38-28-16-26-36(41(38)52-37)49(57)58-2)60-50-44(64-48(56)34-23-13-6-14-24-34)43(63-47(55)33-21-11-5-12-22-33)42(62-46(54)32-19-9-4-10-20-32)39(61-50)29-59-45(53)31-17-7-3-8-18-31/h3-28,30,39,42-44,50H,29H2,1-2H3/t30?,39-,42+,43+,44-,50-/m1/s1. The van der Waals surface area contributed by atoms with Gasteiger partial charge < -0.3 is 33.2 Å². The number of nitrogens with zero attached hydrogens (tertiary/aromatic N) is 2. The minimum absolute atomic E-state index is 0.144. The number of hydrogen-bond acceptors (Lipinski definition) is 14. The van der Waals surface area contributed by atoms with Crippen LogP contribution in [-0.2, 0) is 33.2 Å². The van der Waals surface area contributed by atoms with E-state index in [-0.39, 0.29) is 27.8 Å². The van der Waals surface area contributed by atoms with E-state index in [2.05, 4.69) is 0 Å². The van der Waals surface area contributed by atoms with Gasteiger partial charge in [0.2, 0.25) is 0 Å². The fraction of sp³-hybridized carbons (Fsp3) is 0.180. The Morgan fingerprint density at radius 2 is 0.969 bits per heavy atom. The van der Waals surface area contributed by atoms with E-state index >= 15 is 0 Å². The number of aromatic nitrogens is 2. The van der Waals surface area contributed by atoms with E-state index < -0.39 is 73.3 Å². The highest BCUT2D eigenvalue weighted by atomic mass is 16.7. The smallest absolute Gasteiger partial charge is 0.340 e. The van der Waals surface area contributed by atoms with Crippen LogP contribution in [0.3, 0.4) is 0 Å². The van der Waals surface area contributed by atoms with Crippen LogP contribution < -0.4 is 0 Å². The number of ether oxygens (including phenoxy) is 7. The van der Waals surface area contributed by atoms with Crippen LogP contribution in [-0.4, -0.2) is 84.2 Å². The highest BCUT2D eigenvalue weighted by molar-refractivity contribution is 6.03. The molecule has 1 aromatic heterocycles. The van der Waals surface area contributed by atoms with E-state index in [0.29, 0.717) is 27.6 Å². The maximum atomic E-state index is 14.0. The lowest BCUT2D eigenvalue weighted by Crippen LogP contribution is -2.63. The molecule has 322 valence electrons. The van der Waals surface area contributed by atoms with Crippen molar-refractivity contribution in [2.24, 2.45) is 0 Å². The van der Waals surface area contributed by atoms with Crippen molar-refractivity contribution < 1.29 is 57.1 Å². The van der Waals surface area contributed by atoms with Crippen LogP contribution in [0.4, 0.5) is 0 Å². The zero-order valence-electron chi connectivity index (χ0n) is 34.5. The van der Waals surface area contributed by atoms with E-state index in [9.17, 15) is 24.0 Å². The molecule has 0 spiro atoms. The van der Waals surface area contributed by atoms with Gasteiger partial charge in [-0.05, 0) is 73.7 Å². The second-order valence-electron chi connectivity index (χ2n) is 14.6. The topological polar surface area (TPSA) is 176 Å². The highest BCUT2D eigenvalue weighted by Gasteiger charge is 2.54. The molecule has 14 nitrogen and oxygen atoms in total. The van der Waals surface area contributed by atoms with Crippen LogP contribution in [0.25, 0.3) is 22.1 Å². The summed E-state index contributed by atoms with van der Waals surface area (Å²) in [5, 5.41) is 0. The Kier molecular flexibility index (Phi) is 13.1. The minimum Gasteiger partial charge on any atom is -0.465 e. The maximum Gasteiger partial charge on any atom is 0.340 e. The molecule has 0 N–H and O–H groups in total. The van der Waals surface area contributed by atoms with Crippen molar-refractivity contribution in [1.29, 1.82) is 0 Å². The molecule has 1 saturated heterocycles. The molecule has 1 aliphatic rings. The van der Waals surface area contributed by atoms with Gasteiger partial charge in [0.05, 0.1) is 57.6 Å². The molecule has 6 atom stereocenters. The van der Waals surface area contributed by atoms with E-state index in [1.807, 2.05) is 0 Å². The molecule has 0 saturated carbocycles. The molecule has 6 aromatic carbocycles. The molecule has 1 aliphatic heterocycles. The third-order valence-corrected chi connectivity index (χ3v) is 10.4. The first-order chi connectivity index (χ1) is 31.2. The molecule has 8 rings (SSSR count). The van der Waals surface area contributed by atoms with Gasteiger partial charge in [0.1, 0.15) is 18.2 Å². The maximum absolute atomic E-state index is 14.0. The van der Waals surface area contributed by atoms with Crippen LogP contribution in [0.15, 0.2) is 158 Å². The first-order valence-electron chi connectivity index (χ1n) is 20.3. The fourth-order valence-corrected chi connectivity index (χ4v) is 7.25. The van der Waals surface area contributed by atoms with Crippen molar-refractivity contribution in [2.45, 2.75) is 43.7 Å². The number of hydrogen-bond donors (Lipinski definition) is 0. The first kappa shape index (κ1) is 42.9. The largest absolute Gasteiger partial charge is 0.465 e. The van der Waals surface area contributed by atoms with Crippen molar-refractivity contribution in [3.8, 4) is 0 Å². The summed E-state index contributed by atoms with van der Waals surface area (Å²) < 4.78 is 42.6. The predicted octanol–water partition coefficient (Wildman–Crippen LogP) is 7.91. The first-order valence-corrected chi connectivity index (χ1v) is 20.3. The molecule has 64 heavy (non-hydrogen) atoms. The Bertz CT molecular complexity index is 2790. The van der Waals surface area contributed by atoms with Crippen molar-refractivity contribution in [3.63, 3.8) is 0 Å². The molecule has 0 radical (unpaired) electrons. The summed E-state index contributed by atoms with van der Waals surface area (Å²) in [6.45, 7) is 1.18. The normalized spacial score (nSPS) is 18.6. The summed E-state index contributed by atoms with van der Waals surface area (Å²) in [7, 11) is 1.28. The van der Waals surface area contributed by atoms with Gasteiger partial charge in [-0.25, -0.2) is 33.9 Å². The van der Waals surface area contributed by atoms with Gasteiger partial charge in [0.25, 0.3) is 0 Å². The van der Waals surface area contributed by atoms with Gasteiger partial charge in [-0.2, -0.15) is 0 Å². The number of carbonyl (C=O) groups excluding carboxylic acids is 5. The summed E-state index contributed by atoms with van der Waals surface area (Å²) in [6, 6.07) is 42.7. The van der Waals surface area contributed by atoms with Crippen LogP contribution in [0.1, 0.15) is 70.4 Å². The Hall–Kier alpha value is -7.81. The summed E-state index contributed by atoms with van der Waals surface area (Å²) >= 11 is 0. The molecular formula is C50H40N2O12. The zero-order valence-corrected chi connectivity index (χ0v) is 34.5. The SMILES string of the molecule is COC(=O)c1cccc2nc3c(C(C)O[C@@H]4O[C@H](COC(=O)c5ccccc5)[C@H](OC(=O)c5ccccc5)[C@H](OC(=O)c5ccccc5)[C@H]4OC(=O)c4ccccc4)cccc3nc12. The lowest BCUT2D eigenvalue weighted by molar-refractivity contribution is -0.308. The number of benzene rings is 6. The van der Waals surface area contributed by atoms with Gasteiger partial charge in [0.15, 0.2) is 24.6 Å². The number of para-hydroxylation sites is 2. The number of carbonyl (C=O) groups is 5. The molecule has 0 aliphatic carbocycles. The second kappa shape index (κ2) is 19.5. The minimum atomic E-state index is -1.62. The Balaban J connectivity index is 1.22. The van der Waals surface area contributed by atoms with Crippen LogP contribution in [0.5, 0.6) is 0 Å². The number of rotatable bonds is 13. The van der Waals surface area contributed by atoms with Crippen LogP contribution in [0.2, 0.25) is 0 Å². The molecule has 7 aromatic rings. The zero-order chi connectivity index (χ0) is 44.6. The average molecular weight is 861 g/mol. The monoisotopic (exact) mass is 860 g/mol. The van der Waals surface area contributed by atoms with Gasteiger partial charge in [0, 0.05) is 5.56 Å². The molecule has 0 bridgehead atoms. The Morgan fingerprint density at radius 1 is 0.516 bits per heavy atom. The number of fused-ring (bicyclic) bond motifs is 2. The predicted molar refractivity (Wildman–Crippen MR) is 230 cm³/mol. The number of methoxy groups -OCH3 is 1. The lowest BCUT2D eigenvalue weighted by atomic mass is 9.97. The number of esters is 5. The van der Waals surface area contributed by atoms with Crippen LogP contribution in [0, 0.1) is 0 Å². The summed E-state index contributed by atoms with van der Waals surface area (Å²) in [6.07, 6.45) is -8.63. The second-order valence-corrected chi connectivity index (χ2v) is 14.6. The summed E-state index contributed by atoms with van der Waals surface area (Å²) in [5.74, 6) is -3.79. The Morgan fingerprint density at radius 3 is 1.50 bits per heavy atom. The average Bonchev–Trinajstić information content (AvgIpc) is 3.34. The Labute approximate surface area is 366 Å². The van der Waals surface area contributed by atoms with E-state index in [0.717, 1.165) is 0 Å². The summed E-state index contributed by atoms with van der Waals surface area (Å²) in [5.41, 5.74) is 3.06. The van der Waals surface area contributed by atoms with Crippen LogP contribution >= 0.6 is 0 Å². The lowest BCUT2D eigenvalue weighted by Gasteiger charge is -2.45. The van der Waals surface area contributed by atoms with Gasteiger partial charge in [-0.3, -0.25) is 0 Å². The third-order valence-electron chi connectivity index (χ3n) is 10.4. The van der Waals surface area contributed by atoms with Crippen molar-refractivity contribution >= 4 is 51.9 Å². The van der Waals surface area contributed by atoms with Gasteiger partial charge >= 0.3 is 29.8 Å². The molecule has 1 unspecified atom stereocenters. The van der Waals surface area contributed by atoms with Gasteiger partial charge in [-0.1, -0.05) is 91.0 Å². The molecule has 0 amide bonds. The molecule has 2 heterocycles. The third kappa shape index (κ3) is 9.48. The van der Waals surface area contributed by atoms with E-state index in [4.69, 9.17) is 43.1 Å². The van der Waals surface area contributed by atoms with E-state index in [1.165, 1.54) is 31.4 Å². The molecular weight excluding hydrogens is 821 g/mol. The van der Waals surface area contributed by atoms with Gasteiger partial charge in [-0.15, -0.1) is 0 Å². The highest BCUT2D eigenvalue weighted by Crippen LogP contribution is 2.36. The van der Waals surface area contributed by atoms with E-state index in [1.54, 1.807) is 140 Å². The fourth-order valence-electron chi connectivity index (χ4n) is 7.25. The van der Waals surface area contributed by atoms with Crippen molar-refractivity contribution in [3.05, 3.63) is 191 Å². The van der Waals surface area contributed by atoms with Crippen molar-refractivity contribution in [1.82, 2.24) is 9.97 Å².